The summed E-state index contributed by atoms with van der Waals surface area (Å²) in [5, 5.41) is 0. The molecule has 2 nitrogen and oxygen atoms in total. The van der Waals surface area contributed by atoms with E-state index < -0.39 is 11.8 Å². The lowest BCUT2D eigenvalue weighted by Crippen LogP contribution is -2.06. The monoisotopic (exact) mass is 200 g/mol. The normalized spacial score (nSPS) is 24.6. The highest BCUT2D eigenvalue weighted by molar-refractivity contribution is 5.86. The summed E-state index contributed by atoms with van der Waals surface area (Å²) >= 11 is 0. The molecule has 0 radical (unpaired) electrons. The summed E-state index contributed by atoms with van der Waals surface area (Å²) in [6.45, 7) is 6.27. The van der Waals surface area contributed by atoms with Crippen LogP contribution >= 0.6 is 0 Å². The standard InChI is InChI=1S/C11H17FO2/c1-4-5-14-10(13)9(12)6-8-7-11(8,2)3/h6,8H,4-5,7H2,1-3H3/b9-6+. The number of halogens is 1. The number of hydrogen-bond donors (Lipinski definition) is 0. The molecule has 0 saturated heterocycles. The zero-order valence-electron chi connectivity index (χ0n) is 8.97. The van der Waals surface area contributed by atoms with E-state index in [0.29, 0.717) is 6.42 Å². The van der Waals surface area contributed by atoms with Crippen molar-refractivity contribution in [2.24, 2.45) is 11.3 Å². The Bertz CT molecular complexity index is 256. The molecule has 0 aromatic carbocycles. The second-order valence-electron chi connectivity index (χ2n) is 4.45. The van der Waals surface area contributed by atoms with Gasteiger partial charge >= 0.3 is 5.97 Å². The predicted molar refractivity (Wildman–Crippen MR) is 52.3 cm³/mol. The third-order valence-corrected chi connectivity index (χ3v) is 2.57. The molecule has 3 heteroatoms. The first kappa shape index (κ1) is 11.2. The van der Waals surface area contributed by atoms with Crippen LogP contribution in [0.1, 0.15) is 33.6 Å². The molecular weight excluding hydrogens is 183 g/mol. The van der Waals surface area contributed by atoms with Gasteiger partial charge in [-0.1, -0.05) is 20.8 Å². The number of hydrogen-bond acceptors (Lipinski definition) is 2. The average molecular weight is 200 g/mol. The lowest BCUT2D eigenvalue weighted by molar-refractivity contribution is -0.140. The van der Waals surface area contributed by atoms with Gasteiger partial charge in [0, 0.05) is 0 Å². The average Bonchev–Trinajstić information content (AvgIpc) is 2.69. The van der Waals surface area contributed by atoms with E-state index in [2.05, 4.69) is 18.6 Å². The van der Waals surface area contributed by atoms with Crippen LogP contribution in [0.15, 0.2) is 11.9 Å². The quantitative estimate of drug-likeness (QED) is 0.515. The molecular formula is C11H17FO2. The second kappa shape index (κ2) is 4.11. The summed E-state index contributed by atoms with van der Waals surface area (Å²) in [6, 6.07) is 0. The first-order valence-corrected chi connectivity index (χ1v) is 5.02. The van der Waals surface area contributed by atoms with Crippen LogP contribution in [0.25, 0.3) is 0 Å². The highest BCUT2D eigenvalue weighted by atomic mass is 19.1. The molecule has 0 bridgehead atoms. The van der Waals surface area contributed by atoms with Crippen LogP contribution in [0, 0.1) is 11.3 Å². The second-order valence-corrected chi connectivity index (χ2v) is 4.45. The van der Waals surface area contributed by atoms with Gasteiger partial charge in [-0.05, 0) is 30.3 Å². The van der Waals surface area contributed by atoms with Crippen LogP contribution in [0.3, 0.4) is 0 Å². The Hall–Kier alpha value is -0.860. The molecule has 1 fully saturated rings. The van der Waals surface area contributed by atoms with E-state index in [1.807, 2.05) is 6.92 Å². The molecule has 1 atom stereocenters. The van der Waals surface area contributed by atoms with E-state index in [0.717, 1.165) is 6.42 Å². The van der Waals surface area contributed by atoms with E-state index in [1.54, 1.807) is 0 Å². The smallest absolute Gasteiger partial charge is 0.366 e. The Labute approximate surface area is 84.1 Å². The fourth-order valence-corrected chi connectivity index (χ4v) is 1.30. The van der Waals surface area contributed by atoms with E-state index >= 15 is 0 Å². The van der Waals surface area contributed by atoms with E-state index in [-0.39, 0.29) is 17.9 Å². The molecule has 1 aliphatic carbocycles. The fourth-order valence-electron chi connectivity index (χ4n) is 1.30. The minimum atomic E-state index is -0.824. The molecule has 0 heterocycles. The van der Waals surface area contributed by atoms with Gasteiger partial charge in [-0.3, -0.25) is 0 Å². The van der Waals surface area contributed by atoms with Crippen molar-refractivity contribution < 1.29 is 13.9 Å². The summed E-state index contributed by atoms with van der Waals surface area (Å²) in [6.07, 6.45) is 3.05. The highest BCUT2D eigenvalue weighted by Crippen LogP contribution is 2.52. The molecule has 1 aliphatic rings. The van der Waals surface area contributed by atoms with Gasteiger partial charge in [-0.25, -0.2) is 4.79 Å². The maximum absolute atomic E-state index is 13.1. The number of allylic oxidation sites excluding steroid dienone is 1. The molecule has 1 rings (SSSR count). The summed E-state index contributed by atoms with van der Waals surface area (Å²) in [5.41, 5.74) is 0.155. The molecule has 0 N–H and O–H groups in total. The number of rotatable bonds is 4. The number of carbonyl (C=O) groups is 1. The molecule has 0 amide bonds. The summed E-state index contributed by atoms with van der Waals surface area (Å²) in [7, 11) is 0. The predicted octanol–water partition coefficient (Wildman–Crippen LogP) is 2.84. The summed E-state index contributed by atoms with van der Waals surface area (Å²) in [5.74, 6) is -1.37. The molecule has 1 unspecified atom stereocenters. The third kappa shape index (κ3) is 2.82. The lowest BCUT2D eigenvalue weighted by atomic mass is 10.1. The van der Waals surface area contributed by atoms with Crippen molar-refractivity contribution in [3.63, 3.8) is 0 Å². The van der Waals surface area contributed by atoms with Crippen LogP contribution in [0.4, 0.5) is 4.39 Å². The van der Waals surface area contributed by atoms with E-state index in [1.165, 1.54) is 6.08 Å². The fraction of sp³-hybridized carbons (Fsp3) is 0.727. The van der Waals surface area contributed by atoms with E-state index in [4.69, 9.17) is 0 Å². The van der Waals surface area contributed by atoms with Crippen molar-refractivity contribution in [2.45, 2.75) is 33.6 Å². The van der Waals surface area contributed by atoms with Crippen molar-refractivity contribution in [2.75, 3.05) is 6.61 Å². The number of ether oxygens (including phenoxy) is 1. The van der Waals surface area contributed by atoms with Crippen LogP contribution in [-0.4, -0.2) is 12.6 Å². The lowest BCUT2D eigenvalue weighted by Gasteiger charge is -2.01. The first-order valence-electron chi connectivity index (χ1n) is 5.02. The van der Waals surface area contributed by atoms with E-state index in [9.17, 15) is 9.18 Å². The van der Waals surface area contributed by atoms with Gasteiger partial charge in [0.25, 0.3) is 0 Å². The van der Waals surface area contributed by atoms with Gasteiger partial charge in [0.1, 0.15) is 0 Å². The zero-order valence-corrected chi connectivity index (χ0v) is 8.97. The van der Waals surface area contributed by atoms with Crippen molar-refractivity contribution >= 4 is 5.97 Å². The van der Waals surface area contributed by atoms with Crippen molar-refractivity contribution in [3.8, 4) is 0 Å². The Morgan fingerprint density at radius 1 is 1.64 bits per heavy atom. The van der Waals surface area contributed by atoms with Gasteiger partial charge in [-0.15, -0.1) is 0 Å². The van der Waals surface area contributed by atoms with Crippen LogP contribution in [-0.2, 0) is 9.53 Å². The van der Waals surface area contributed by atoms with Gasteiger partial charge in [0.05, 0.1) is 6.61 Å². The largest absolute Gasteiger partial charge is 0.460 e. The zero-order chi connectivity index (χ0) is 10.8. The molecule has 14 heavy (non-hydrogen) atoms. The number of esters is 1. The van der Waals surface area contributed by atoms with Gasteiger partial charge in [-0.2, -0.15) is 4.39 Å². The van der Waals surface area contributed by atoms with Crippen molar-refractivity contribution in [1.82, 2.24) is 0 Å². The van der Waals surface area contributed by atoms with Gasteiger partial charge in [0.15, 0.2) is 0 Å². The highest BCUT2D eigenvalue weighted by Gasteiger charge is 2.44. The maximum Gasteiger partial charge on any atom is 0.366 e. The van der Waals surface area contributed by atoms with Gasteiger partial charge < -0.3 is 4.74 Å². The third-order valence-electron chi connectivity index (χ3n) is 2.57. The number of carbonyl (C=O) groups excluding carboxylic acids is 1. The topological polar surface area (TPSA) is 26.3 Å². The van der Waals surface area contributed by atoms with Crippen LogP contribution in [0.5, 0.6) is 0 Å². The Morgan fingerprint density at radius 2 is 2.21 bits per heavy atom. The van der Waals surface area contributed by atoms with Crippen LogP contribution < -0.4 is 0 Å². The molecule has 0 spiro atoms. The first-order chi connectivity index (χ1) is 6.47. The van der Waals surface area contributed by atoms with Crippen molar-refractivity contribution in [3.05, 3.63) is 11.9 Å². The molecule has 1 saturated carbocycles. The molecule has 0 aromatic heterocycles. The molecule has 0 aliphatic heterocycles. The van der Waals surface area contributed by atoms with Crippen LogP contribution in [0.2, 0.25) is 0 Å². The summed E-state index contributed by atoms with van der Waals surface area (Å²) in [4.78, 5) is 11.0. The van der Waals surface area contributed by atoms with Gasteiger partial charge in [0.2, 0.25) is 5.83 Å². The minimum absolute atomic E-state index is 0.155. The Morgan fingerprint density at radius 3 is 2.64 bits per heavy atom. The molecule has 0 aromatic rings. The SMILES string of the molecule is CCCOC(=O)/C(F)=C\C1CC1(C)C. The summed E-state index contributed by atoms with van der Waals surface area (Å²) < 4.78 is 17.8. The van der Waals surface area contributed by atoms with Crippen molar-refractivity contribution in [1.29, 1.82) is 0 Å². The minimum Gasteiger partial charge on any atom is -0.460 e. The molecule has 80 valence electrons. The Balaban J connectivity index is 2.41. The Kier molecular flexibility index (Phi) is 3.29. The maximum atomic E-state index is 13.1.